The largest absolute Gasteiger partial charge is 0.370 e. The summed E-state index contributed by atoms with van der Waals surface area (Å²) in [6, 6.07) is 0.551. The predicted molar refractivity (Wildman–Crippen MR) is 51.0 cm³/mol. The van der Waals surface area contributed by atoms with Crippen molar-refractivity contribution in [1.82, 2.24) is 5.32 Å². The van der Waals surface area contributed by atoms with Gasteiger partial charge in [0, 0.05) is 18.3 Å². The zero-order valence-electron chi connectivity index (χ0n) is 6.84. The van der Waals surface area contributed by atoms with Crippen molar-refractivity contribution in [3.8, 4) is 0 Å². The highest BCUT2D eigenvalue weighted by atomic mass is 32.2. The van der Waals surface area contributed by atoms with Crippen LogP contribution in [-0.2, 0) is 0 Å². The Hall–Kier alpha value is -0.380. The van der Waals surface area contributed by atoms with Gasteiger partial charge in [-0.2, -0.15) is 11.8 Å². The van der Waals surface area contributed by atoms with Crippen LogP contribution in [0.4, 0.5) is 0 Å². The number of rotatable bonds is 2. The van der Waals surface area contributed by atoms with Gasteiger partial charge in [0.25, 0.3) is 0 Å². The van der Waals surface area contributed by atoms with Crippen LogP contribution in [0.5, 0.6) is 0 Å². The Morgan fingerprint density at radius 1 is 1.82 bits per heavy atom. The number of aliphatic imine (C=N–C) groups is 1. The van der Waals surface area contributed by atoms with E-state index in [1.165, 1.54) is 17.9 Å². The molecular weight excluding hydrogens is 158 g/mol. The van der Waals surface area contributed by atoms with E-state index < -0.39 is 0 Å². The molecule has 11 heavy (non-hydrogen) atoms. The molecule has 1 rings (SSSR count). The fourth-order valence-corrected chi connectivity index (χ4v) is 2.23. The third-order valence-electron chi connectivity index (χ3n) is 1.61. The van der Waals surface area contributed by atoms with Crippen LogP contribution in [-0.4, -0.2) is 30.1 Å². The number of nitrogens with two attached hydrogens (primary N) is 1. The molecule has 0 saturated carbocycles. The summed E-state index contributed by atoms with van der Waals surface area (Å²) < 4.78 is 0. The van der Waals surface area contributed by atoms with Crippen LogP contribution in [0.3, 0.4) is 0 Å². The van der Waals surface area contributed by atoms with Gasteiger partial charge in [0.1, 0.15) is 0 Å². The van der Waals surface area contributed by atoms with Gasteiger partial charge in [-0.1, -0.05) is 0 Å². The Balaban J connectivity index is 2.23. The summed E-state index contributed by atoms with van der Waals surface area (Å²) in [7, 11) is 0. The van der Waals surface area contributed by atoms with Gasteiger partial charge in [0.15, 0.2) is 5.96 Å². The number of nitrogens with zero attached hydrogens (tertiary/aromatic N) is 1. The summed E-state index contributed by atoms with van der Waals surface area (Å²) in [5, 5.41) is 3.19. The van der Waals surface area contributed by atoms with Crippen LogP contribution in [0, 0.1) is 0 Å². The summed E-state index contributed by atoms with van der Waals surface area (Å²) in [5.41, 5.74) is 5.59. The molecular formula is C7H15N3S. The van der Waals surface area contributed by atoms with Crippen LogP contribution in [0.15, 0.2) is 4.99 Å². The Morgan fingerprint density at radius 2 is 2.64 bits per heavy atom. The Bertz CT molecular complexity index is 141. The molecule has 1 atom stereocenters. The molecule has 0 amide bonds. The molecule has 1 heterocycles. The van der Waals surface area contributed by atoms with Crippen molar-refractivity contribution in [2.75, 3.05) is 18.1 Å². The molecule has 1 fully saturated rings. The number of nitrogens with one attached hydrogen (secondary N) is 1. The maximum absolute atomic E-state index is 5.59. The van der Waals surface area contributed by atoms with Crippen LogP contribution in [0.2, 0.25) is 0 Å². The quantitative estimate of drug-likeness (QED) is 0.470. The lowest BCUT2D eigenvalue weighted by molar-refractivity contribution is 0.672. The van der Waals surface area contributed by atoms with Crippen molar-refractivity contribution in [3.05, 3.63) is 0 Å². The Labute approximate surface area is 71.8 Å². The predicted octanol–water partition coefficient (Wildman–Crippen LogP) is 0.416. The van der Waals surface area contributed by atoms with Gasteiger partial charge in [-0.3, -0.25) is 4.99 Å². The lowest BCUT2D eigenvalue weighted by Crippen LogP contribution is -2.40. The molecule has 0 aliphatic carbocycles. The lowest BCUT2D eigenvalue weighted by atomic mass is 10.3. The van der Waals surface area contributed by atoms with E-state index in [-0.39, 0.29) is 0 Å². The second kappa shape index (κ2) is 4.49. The first kappa shape index (κ1) is 8.71. The normalized spacial score (nSPS) is 25.5. The van der Waals surface area contributed by atoms with E-state index in [2.05, 4.69) is 10.3 Å². The summed E-state index contributed by atoms with van der Waals surface area (Å²) >= 11 is 1.97. The van der Waals surface area contributed by atoms with Crippen molar-refractivity contribution < 1.29 is 0 Å². The van der Waals surface area contributed by atoms with Crippen molar-refractivity contribution in [2.24, 2.45) is 10.7 Å². The fourth-order valence-electron chi connectivity index (χ4n) is 1.07. The summed E-state index contributed by atoms with van der Waals surface area (Å²) in [6.07, 6.45) is 1.21. The van der Waals surface area contributed by atoms with E-state index in [0.717, 1.165) is 6.54 Å². The second-order valence-electron chi connectivity index (χ2n) is 2.56. The molecule has 0 radical (unpaired) electrons. The minimum Gasteiger partial charge on any atom is -0.370 e. The molecule has 1 saturated heterocycles. The van der Waals surface area contributed by atoms with Crippen LogP contribution in [0.25, 0.3) is 0 Å². The highest BCUT2D eigenvalue weighted by Crippen LogP contribution is 2.16. The molecule has 0 bridgehead atoms. The maximum Gasteiger partial charge on any atom is 0.188 e. The molecule has 1 unspecified atom stereocenters. The standard InChI is InChI=1S/C7H15N3S/c1-2-9-7(8)10-6-3-4-11-5-6/h6H,2-5H2,1H3,(H3,8,9,10). The van der Waals surface area contributed by atoms with E-state index >= 15 is 0 Å². The maximum atomic E-state index is 5.59. The SMILES string of the molecule is CCN=C(N)NC1CCSC1. The molecule has 0 aromatic carbocycles. The Kier molecular flexibility index (Phi) is 3.56. The number of thioether (sulfide) groups is 1. The van der Waals surface area contributed by atoms with Crippen molar-refractivity contribution >= 4 is 17.7 Å². The zero-order chi connectivity index (χ0) is 8.10. The van der Waals surface area contributed by atoms with Crippen LogP contribution in [0.1, 0.15) is 13.3 Å². The molecule has 1 aliphatic rings. The van der Waals surface area contributed by atoms with E-state index in [4.69, 9.17) is 5.73 Å². The highest BCUT2D eigenvalue weighted by molar-refractivity contribution is 7.99. The van der Waals surface area contributed by atoms with Gasteiger partial charge < -0.3 is 11.1 Å². The average Bonchev–Trinajstić information content (AvgIpc) is 2.40. The van der Waals surface area contributed by atoms with E-state index in [9.17, 15) is 0 Å². The third kappa shape index (κ3) is 3.01. The topological polar surface area (TPSA) is 50.4 Å². The summed E-state index contributed by atoms with van der Waals surface area (Å²) in [4.78, 5) is 4.06. The first-order valence-corrected chi connectivity index (χ1v) is 5.12. The number of hydrogen-bond acceptors (Lipinski definition) is 2. The monoisotopic (exact) mass is 173 g/mol. The molecule has 0 aromatic rings. The minimum atomic E-state index is 0.551. The van der Waals surface area contributed by atoms with Crippen molar-refractivity contribution in [2.45, 2.75) is 19.4 Å². The van der Waals surface area contributed by atoms with Gasteiger partial charge in [-0.25, -0.2) is 0 Å². The van der Waals surface area contributed by atoms with Crippen LogP contribution >= 0.6 is 11.8 Å². The van der Waals surface area contributed by atoms with E-state index in [0.29, 0.717) is 12.0 Å². The van der Waals surface area contributed by atoms with Gasteiger partial charge in [-0.05, 0) is 19.1 Å². The fraction of sp³-hybridized carbons (Fsp3) is 0.857. The molecule has 4 heteroatoms. The first-order valence-electron chi connectivity index (χ1n) is 3.97. The van der Waals surface area contributed by atoms with Gasteiger partial charge in [-0.15, -0.1) is 0 Å². The molecule has 0 spiro atoms. The van der Waals surface area contributed by atoms with E-state index in [1.54, 1.807) is 0 Å². The molecule has 64 valence electrons. The highest BCUT2D eigenvalue weighted by Gasteiger charge is 2.14. The molecule has 1 aliphatic heterocycles. The first-order chi connectivity index (χ1) is 5.33. The smallest absolute Gasteiger partial charge is 0.188 e. The summed E-state index contributed by atoms with van der Waals surface area (Å²) in [6.45, 7) is 2.75. The molecule has 3 N–H and O–H groups in total. The lowest BCUT2D eigenvalue weighted by Gasteiger charge is -2.10. The van der Waals surface area contributed by atoms with Crippen LogP contribution < -0.4 is 11.1 Å². The summed E-state index contributed by atoms with van der Waals surface area (Å²) in [5.74, 6) is 3.01. The van der Waals surface area contributed by atoms with Crippen molar-refractivity contribution in [1.29, 1.82) is 0 Å². The molecule has 0 aromatic heterocycles. The number of hydrogen-bond donors (Lipinski definition) is 2. The van der Waals surface area contributed by atoms with Gasteiger partial charge >= 0.3 is 0 Å². The van der Waals surface area contributed by atoms with E-state index in [1.807, 2.05) is 18.7 Å². The second-order valence-corrected chi connectivity index (χ2v) is 3.71. The van der Waals surface area contributed by atoms with Crippen molar-refractivity contribution in [3.63, 3.8) is 0 Å². The average molecular weight is 173 g/mol. The zero-order valence-corrected chi connectivity index (χ0v) is 7.66. The minimum absolute atomic E-state index is 0.551. The van der Waals surface area contributed by atoms with Gasteiger partial charge in [0.2, 0.25) is 0 Å². The van der Waals surface area contributed by atoms with Gasteiger partial charge in [0.05, 0.1) is 0 Å². The number of guanidine groups is 1. The Morgan fingerprint density at radius 3 is 3.18 bits per heavy atom. The molecule has 3 nitrogen and oxygen atoms in total. The third-order valence-corrected chi connectivity index (χ3v) is 2.77.